The SMILES string of the molecule is COc1ccc(C(=O)CSc2nc3ccccc3nc2C(F)(F)F)cc1OC. The molecule has 0 radical (unpaired) electrons. The van der Waals surface area contributed by atoms with Crippen LogP contribution in [0.3, 0.4) is 0 Å². The number of alkyl halides is 3. The van der Waals surface area contributed by atoms with Crippen molar-refractivity contribution in [3.05, 3.63) is 53.7 Å². The Bertz CT molecular complexity index is 1020. The molecule has 28 heavy (non-hydrogen) atoms. The van der Waals surface area contributed by atoms with E-state index in [1.54, 1.807) is 24.3 Å². The van der Waals surface area contributed by atoms with Gasteiger partial charge in [-0.1, -0.05) is 23.9 Å². The van der Waals surface area contributed by atoms with Gasteiger partial charge in [0.2, 0.25) is 0 Å². The van der Waals surface area contributed by atoms with Crippen LogP contribution >= 0.6 is 11.8 Å². The number of fused-ring (bicyclic) bond motifs is 1. The molecule has 2 aromatic carbocycles. The van der Waals surface area contributed by atoms with E-state index in [0.29, 0.717) is 34.3 Å². The van der Waals surface area contributed by atoms with Crippen LogP contribution in [0.15, 0.2) is 47.5 Å². The molecule has 0 aliphatic rings. The predicted octanol–water partition coefficient (Wildman–Crippen LogP) is 4.64. The van der Waals surface area contributed by atoms with Crippen molar-refractivity contribution in [2.24, 2.45) is 0 Å². The third-order valence-corrected chi connectivity index (χ3v) is 4.82. The molecule has 0 saturated heterocycles. The summed E-state index contributed by atoms with van der Waals surface area (Å²) in [7, 11) is 2.90. The van der Waals surface area contributed by atoms with Crippen molar-refractivity contribution in [3.8, 4) is 11.5 Å². The first kappa shape index (κ1) is 19.9. The van der Waals surface area contributed by atoms with Gasteiger partial charge in [-0.15, -0.1) is 0 Å². The number of halogens is 3. The molecule has 0 fully saturated rings. The highest BCUT2D eigenvalue weighted by Crippen LogP contribution is 2.36. The molecule has 0 aliphatic carbocycles. The lowest BCUT2D eigenvalue weighted by Gasteiger charge is -2.12. The molecule has 0 N–H and O–H groups in total. The molecule has 0 unspecified atom stereocenters. The van der Waals surface area contributed by atoms with Crippen molar-refractivity contribution in [2.45, 2.75) is 11.2 Å². The molecule has 0 bridgehead atoms. The molecule has 1 heterocycles. The second kappa shape index (κ2) is 8.05. The summed E-state index contributed by atoms with van der Waals surface area (Å²) < 4.78 is 50.4. The van der Waals surface area contributed by atoms with Crippen molar-refractivity contribution in [1.29, 1.82) is 0 Å². The molecular formula is C19H15F3N2O3S. The Morgan fingerprint density at radius 3 is 2.25 bits per heavy atom. The van der Waals surface area contributed by atoms with Gasteiger partial charge in [0.25, 0.3) is 0 Å². The fourth-order valence-electron chi connectivity index (χ4n) is 2.50. The van der Waals surface area contributed by atoms with E-state index >= 15 is 0 Å². The lowest BCUT2D eigenvalue weighted by molar-refractivity contribution is -0.143. The molecule has 3 aromatic rings. The normalized spacial score (nSPS) is 11.5. The number of Topliss-reactive ketones (excluding diaryl/α,β-unsaturated/α-hetero) is 1. The molecular weight excluding hydrogens is 393 g/mol. The molecule has 0 amide bonds. The fraction of sp³-hybridized carbons (Fsp3) is 0.211. The number of carbonyl (C=O) groups is 1. The highest BCUT2D eigenvalue weighted by molar-refractivity contribution is 8.00. The Morgan fingerprint density at radius 2 is 1.64 bits per heavy atom. The van der Waals surface area contributed by atoms with Crippen LogP contribution in [0.4, 0.5) is 13.2 Å². The summed E-state index contributed by atoms with van der Waals surface area (Å²) >= 11 is 0.700. The van der Waals surface area contributed by atoms with Crippen LogP contribution in [0.2, 0.25) is 0 Å². The molecule has 146 valence electrons. The quantitative estimate of drug-likeness (QED) is 0.437. The fourth-order valence-corrected chi connectivity index (χ4v) is 3.39. The van der Waals surface area contributed by atoms with Crippen LogP contribution in [-0.4, -0.2) is 35.7 Å². The van der Waals surface area contributed by atoms with E-state index in [1.807, 2.05) is 0 Å². The average molecular weight is 408 g/mol. The molecule has 5 nitrogen and oxygen atoms in total. The van der Waals surface area contributed by atoms with Crippen molar-refractivity contribution in [1.82, 2.24) is 9.97 Å². The van der Waals surface area contributed by atoms with E-state index in [4.69, 9.17) is 9.47 Å². The molecule has 0 spiro atoms. The maximum absolute atomic E-state index is 13.4. The molecule has 0 atom stereocenters. The number of ether oxygens (including phenoxy) is 2. The largest absolute Gasteiger partial charge is 0.493 e. The Morgan fingerprint density at radius 1 is 1.00 bits per heavy atom. The first-order valence-corrected chi connectivity index (χ1v) is 9.04. The van der Waals surface area contributed by atoms with E-state index < -0.39 is 11.9 Å². The number of thioether (sulfide) groups is 1. The van der Waals surface area contributed by atoms with Crippen LogP contribution in [0, 0.1) is 0 Å². The Balaban J connectivity index is 1.87. The van der Waals surface area contributed by atoms with Crippen molar-refractivity contribution >= 4 is 28.6 Å². The molecule has 1 aromatic heterocycles. The van der Waals surface area contributed by atoms with Gasteiger partial charge in [0.05, 0.1) is 31.0 Å². The first-order chi connectivity index (χ1) is 13.3. The minimum Gasteiger partial charge on any atom is -0.493 e. The second-order valence-electron chi connectivity index (χ2n) is 5.65. The van der Waals surface area contributed by atoms with Gasteiger partial charge in [-0.05, 0) is 30.3 Å². The van der Waals surface area contributed by atoms with Crippen molar-refractivity contribution in [3.63, 3.8) is 0 Å². The number of methoxy groups -OCH3 is 2. The standard InChI is InChI=1S/C19H15F3N2O3S/c1-26-15-8-7-11(9-16(15)27-2)14(25)10-28-18-17(19(20,21)22)23-12-5-3-4-6-13(12)24-18/h3-9H,10H2,1-2H3. The number of hydrogen-bond donors (Lipinski definition) is 0. The number of aromatic nitrogens is 2. The molecule has 0 aliphatic heterocycles. The zero-order valence-corrected chi connectivity index (χ0v) is 15.7. The minimum atomic E-state index is -4.67. The monoisotopic (exact) mass is 408 g/mol. The van der Waals surface area contributed by atoms with Crippen LogP contribution in [0.1, 0.15) is 16.1 Å². The highest BCUT2D eigenvalue weighted by atomic mass is 32.2. The Kier molecular flexibility index (Phi) is 5.73. The maximum Gasteiger partial charge on any atom is 0.436 e. The summed E-state index contributed by atoms with van der Waals surface area (Å²) in [6.07, 6.45) is -4.67. The molecule has 9 heteroatoms. The number of hydrogen-bond acceptors (Lipinski definition) is 6. The number of benzene rings is 2. The van der Waals surface area contributed by atoms with E-state index in [2.05, 4.69) is 9.97 Å². The number of rotatable bonds is 6. The lowest BCUT2D eigenvalue weighted by atomic mass is 10.1. The Hall–Kier alpha value is -2.81. The van der Waals surface area contributed by atoms with Gasteiger partial charge in [-0.3, -0.25) is 4.79 Å². The number of ketones is 1. The van der Waals surface area contributed by atoms with Crippen LogP contribution in [-0.2, 0) is 6.18 Å². The predicted molar refractivity (Wildman–Crippen MR) is 99.1 cm³/mol. The van der Waals surface area contributed by atoms with Gasteiger partial charge in [0, 0.05) is 5.56 Å². The third-order valence-electron chi connectivity index (χ3n) is 3.85. The summed E-state index contributed by atoms with van der Waals surface area (Å²) in [4.78, 5) is 20.2. The van der Waals surface area contributed by atoms with Crippen LogP contribution < -0.4 is 9.47 Å². The van der Waals surface area contributed by atoms with E-state index in [0.717, 1.165) is 0 Å². The number of nitrogens with zero attached hydrogens (tertiary/aromatic N) is 2. The first-order valence-electron chi connectivity index (χ1n) is 8.05. The summed E-state index contributed by atoms with van der Waals surface area (Å²) in [6.45, 7) is 0. The third kappa shape index (κ3) is 4.19. The molecule has 3 rings (SSSR count). The van der Waals surface area contributed by atoms with Crippen LogP contribution in [0.5, 0.6) is 11.5 Å². The van der Waals surface area contributed by atoms with Gasteiger partial charge in [-0.25, -0.2) is 9.97 Å². The number of carbonyl (C=O) groups excluding carboxylic acids is 1. The van der Waals surface area contributed by atoms with E-state index in [1.165, 1.54) is 32.4 Å². The highest BCUT2D eigenvalue weighted by Gasteiger charge is 2.37. The van der Waals surface area contributed by atoms with Gasteiger partial charge >= 0.3 is 6.18 Å². The van der Waals surface area contributed by atoms with Gasteiger partial charge in [-0.2, -0.15) is 13.2 Å². The topological polar surface area (TPSA) is 61.3 Å². The van der Waals surface area contributed by atoms with Gasteiger partial charge < -0.3 is 9.47 Å². The summed E-state index contributed by atoms with van der Waals surface area (Å²) in [5.41, 5.74) is -0.328. The zero-order chi connectivity index (χ0) is 20.3. The second-order valence-corrected chi connectivity index (χ2v) is 6.61. The van der Waals surface area contributed by atoms with Crippen LogP contribution in [0.25, 0.3) is 11.0 Å². The summed E-state index contributed by atoms with van der Waals surface area (Å²) in [5, 5.41) is -0.333. The zero-order valence-electron chi connectivity index (χ0n) is 14.9. The van der Waals surface area contributed by atoms with E-state index in [-0.39, 0.29) is 22.1 Å². The van der Waals surface area contributed by atoms with Gasteiger partial charge in [0.15, 0.2) is 23.0 Å². The lowest BCUT2D eigenvalue weighted by Crippen LogP contribution is -2.12. The number of para-hydroxylation sites is 2. The minimum absolute atomic E-state index is 0.144. The van der Waals surface area contributed by atoms with Crippen molar-refractivity contribution < 1.29 is 27.4 Å². The summed E-state index contributed by atoms with van der Waals surface area (Å²) in [5.74, 6) is 0.214. The van der Waals surface area contributed by atoms with E-state index in [9.17, 15) is 18.0 Å². The van der Waals surface area contributed by atoms with Crippen molar-refractivity contribution in [2.75, 3.05) is 20.0 Å². The average Bonchev–Trinajstić information content (AvgIpc) is 2.69. The molecule has 0 saturated carbocycles. The smallest absolute Gasteiger partial charge is 0.436 e. The Labute approximate surface area is 162 Å². The maximum atomic E-state index is 13.4. The summed E-state index contributed by atoms with van der Waals surface area (Å²) in [6, 6.07) is 10.9. The van der Waals surface area contributed by atoms with Gasteiger partial charge in [0.1, 0.15) is 5.03 Å².